The van der Waals surface area contributed by atoms with Crippen molar-refractivity contribution in [1.82, 2.24) is 4.90 Å². The van der Waals surface area contributed by atoms with Crippen molar-refractivity contribution < 1.29 is 4.79 Å². The molecule has 1 aliphatic heterocycles. The van der Waals surface area contributed by atoms with Gasteiger partial charge in [0, 0.05) is 24.1 Å². The Morgan fingerprint density at radius 2 is 1.90 bits per heavy atom. The Morgan fingerprint density at radius 3 is 2.67 bits per heavy atom. The molecule has 1 heterocycles. The summed E-state index contributed by atoms with van der Waals surface area (Å²) in [5, 5.41) is 9.38. The third kappa shape index (κ3) is 2.88. The summed E-state index contributed by atoms with van der Waals surface area (Å²) in [4.78, 5) is 15.3. The number of carbonyl (C=O) groups excluding carboxylic acids is 1. The lowest BCUT2D eigenvalue weighted by Crippen LogP contribution is -2.63. The number of amides is 1. The normalized spacial score (nSPS) is 37.8. The van der Waals surface area contributed by atoms with E-state index in [1.807, 2.05) is 6.07 Å². The lowest BCUT2D eigenvalue weighted by molar-refractivity contribution is -0.158. The molecule has 2 fully saturated rings. The fourth-order valence-electron chi connectivity index (χ4n) is 7.31. The smallest absolute Gasteiger partial charge is 0.223 e. The highest BCUT2D eigenvalue weighted by molar-refractivity contribution is 5.78. The Kier molecular flexibility index (Phi) is 4.65. The summed E-state index contributed by atoms with van der Waals surface area (Å²) in [6.07, 6.45) is 11.7. The van der Waals surface area contributed by atoms with Crippen molar-refractivity contribution in [2.24, 2.45) is 23.2 Å². The number of hydrogen-bond donors (Lipinski definition) is 0. The fraction of sp³-hybridized carbons (Fsp3) is 0.556. The second-order valence-electron chi connectivity index (χ2n) is 10.4. The van der Waals surface area contributed by atoms with Gasteiger partial charge in [0.15, 0.2) is 0 Å². The predicted octanol–water partition coefficient (Wildman–Crippen LogP) is 5.79. The fourth-order valence-corrected chi connectivity index (χ4v) is 7.31. The maximum atomic E-state index is 13.1. The number of likely N-dealkylation sites (tertiary alicyclic amines) is 1. The molecule has 4 aliphatic rings. The summed E-state index contributed by atoms with van der Waals surface area (Å²) in [7, 11) is 0. The van der Waals surface area contributed by atoms with Gasteiger partial charge in [0.05, 0.1) is 6.07 Å². The molecule has 0 bridgehead atoms. The summed E-state index contributed by atoms with van der Waals surface area (Å²) in [5.74, 6) is 2.20. The molecule has 1 aromatic rings. The summed E-state index contributed by atoms with van der Waals surface area (Å²) in [6.45, 7) is 5.54. The molecule has 156 valence electrons. The second kappa shape index (κ2) is 7.12. The number of hydrogen-bond acceptors (Lipinski definition) is 2. The lowest BCUT2D eigenvalue weighted by atomic mass is 9.48. The highest BCUT2D eigenvalue weighted by Crippen LogP contribution is 2.61. The van der Waals surface area contributed by atoms with Crippen molar-refractivity contribution in [3.63, 3.8) is 0 Å². The van der Waals surface area contributed by atoms with Crippen molar-refractivity contribution >= 4 is 5.91 Å². The van der Waals surface area contributed by atoms with E-state index in [9.17, 15) is 10.1 Å². The van der Waals surface area contributed by atoms with Crippen molar-refractivity contribution in [1.29, 1.82) is 5.26 Å². The molecule has 5 atom stereocenters. The molecule has 0 aromatic heterocycles. The molecule has 3 nitrogen and oxygen atoms in total. The van der Waals surface area contributed by atoms with Gasteiger partial charge in [-0.1, -0.05) is 43.3 Å². The molecule has 0 radical (unpaired) electrons. The monoisotopic (exact) mass is 400 g/mol. The first-order chi connectivity index (χ1) is 14.5. The van der Waals surface area contributed by atoms with Crippen LogP contribution in [-0.4, -0.2) is 16.3 Å². The molecule has 1 aromatic carbocycles. The van der Waals surface area contributed by atoms with E-state index in [1.54, 1.807) is 0 Å². The van der Waals surface area contributed by atoms with Crippen molar-refractivity contribution in [2.45, 2.75) is 70.9 Å². The van der Waals surface area contributed by atoms with Gasteiger partial charge in [-0.25, -0.2) is 0 Å². The molecule has 1 saturated carbocycles. The molecular formula is C27H32N2O. The van der Waals surface area contributed by atoms with Crippen LogP contribution in [0.4, 0.5) is 0 Å². The number of nitriles is 1. The van der Waals surface area contributed by atoms with Gasteiger partial charge >= 0.3 is 0 Å². The molecule has 0 unspecified atom stereocenters. The minimum Gasteiger partial charge on any atom is -0.333 e. The van der Waals surface area contributed by atoms with Crippen LogP contribution in [0.25, 0.3) is 0 Å². The maximum absolute atomic E-state index is 13.1. The summed E-state index contributed by atoms with van der Waals surface area (Å²) >= 11 is 0. The maximum Gasteiger partial charge on any atom is 0.223 e. The molecule has 30 heavy (non-hydrogen) atoms. The standard InChI is InChI=1S/C27H32N2O/c1-26-14-12-20(17-28)16-21(26)8-9-22-23(26)13-15-27(2)24(22)10-11-25(30)29(27)18-19-6-4-3-5-7-19/h3-8,16,22-24H,9-15,18H2,1-2H3/t22-,23+,24+,26+,27+/m1/s1. The zero-order valence-electron chi connectivity index (χ0n) is 18.2. The SMILES string of the molecule is C[C@]12CCC(C#N)=CC1=CC[C@@H]1[C@@H]2CC[C@@]2(C)[C@H]1CCC(=O)N2Cc1ccccc1. The average molecular weight is 401 g/mol. The zero-order valence-corrected chi connectivity index (χ0v) is 18.2. The van der Waals surface area contributed by atoms with Crippen LogP contribution in [0.5, 0.6) is 0 Å². The summed E-state index contributed by atoms with van der Waals surface area (Å²) in [5.41, 5.74) is 3.72. The zero-order chi connectivity index (χ0) is 20.9. The molecule has 3 aliphatic carbocycles. The second-order valence-corrected chi connectivity index (χ2v) is 10.4. The highest BCUT2D eigenvalue weighted by Gasteiger charge is 2.57. The molecule has 3 heteroatoms. The van der Waals surface area contributed by atoms with E-state index >= 15 is 0 Å². The van der Waals surface area contributed by atoms with Gasteiger partial charge in [0.1, 0.15) is 0 Å². The largest absolute Gasteiger partial charge is 0.333 e. The number of carbonyl (C=O) groups is 1. The van der Waals surface area contributed by atoms with Gasteiger partial charge in [-0.2, -0.15) is 5.26 Å². The van der Waals surface area contributed by atoms with E-state index in [0.717, 1.165) is 44.2 Å². The summed E-state index contributed by atoms with van der Waals surface area (Å²) in [6, 6.07) is 12.9. The van der Waals surface area contributed by atoms with E-state index in [-0.39, 0.29) is 11.0 Å². The van der Waals surface area contributed by atoms with Crippen molar-refractivity contribution in [3.8, 4) is 6.07 Å². The minimum atomic E-state index is -0.0453. The highest BCUT2D eigenvalue weighted by atomic mass is 16.2. The number of rotatable bonds is 2. The van der Waals surface area contributed by atoms with Crippen LogP contribution in [0.3, 0.4) is 0 Å². The van der Waals surface area contributed by atoms with E-state index in [2.05, 4.69) is 61.2 Å². The minimum absolute atomic E-state index is 0.0453. The van der Waals surface area contributed by atoms with Crippen LogP contribution in [-0.2, 0) is 11.3 Å². The molecule has 5 rings (SSSR count). The first-order valence-corrected chi connectivity index (χ1v) is 11.6. The van der Waals surface area contributed by atoms with Crippen LogP contribution in [0.2, 0.25) is 0 Å². The van der Waals surface area contributed by atoms with Crippen LogP contribution >= 0.6 is 0 Å². The van der Waals surface area contributed by atoms with E-state index in [1.165, 1.54) is 17.6 Å². The number of fused-ring (bicyclic) bond motifs is 5. The molecule has 0 N–H and O–H groups in total. The van der Waals surface area contributed by atoms with Crippen LogP contribution in [0, 0.1) is 34.5 Å². The number of allylic oxidation sites excluding steroid dienone is 4. The Labute approximate surface area is 180 Å². The third-order valence-corrected chi connectivity index (χ3v) is 9.04. The quantitative estimate of drug-likeness (QED) is 0.630. The topological polar surface area (TPSA) is 44.1 Å². The first-order valence-electron chi connectivity index (χ1n) is 11.6. The molecular weight excluding hydrogens is 368 g/mol. The molecule has 1 amide bonds. The Bertz CT molecular complexity index is 955. The van der Waals surface area contributed by atoms with Gasteiger partial charge < -0.3 is 4.90 Å². The number of benzene rings is 1. The predicted molar refractivity (Wildman–Crippen MR) is 118 cm³/mol. The van der Waals surface area contributed by atoms with Gasteiger partial charge in [-0.15, -0.1) is 0 Å². The Morgan fingerprint density at radius 1 is 1.10 bits per heavy atom. The van der Waals surface area contributed by atoms with Crippen LogP contribution in [0.15, 0.2) is 53.6 Å². The molecule has 1 saturated heterocycles. The van der Waals surface area contributed by atoms with Gasteiger partial charge in [0.2, 0.25) is 5.91 Å². The molecule has 0 spiro atoms. The van der Waals surface area contributed by atoms with E-state index in [4.69, 9.17) is 0 Å². The van der Waals surface area contributed by atoms with E-state index in [0.29, 0.717) is 30.1 Å². The number of piperidine rings is 1. The lowest BCUT2D eigenvalue weighted by Gasteiger charge is -2.61. The Balaban J connectivity index is 1.47. The van der Waals surface area contributed by atoms with Gasteiger partial charge in [0.25, 0.3) is 0 Å². The van der Waals surface area contributed by atoms with Crippen LogP contribution < -0.4 is 0 Å². The van der Waals surface area contributed by atoms with E-state index < -0.39 is 0 Å². The average Bonchev–Trinajstić information content (AvgIpc) is 2.76. The van der Waals surface area contributed by atoms with Crippen LogP contribution in [0.1, 0.15) is 64.4 Å². The first kappa shape index (κ1) is 19.6. The Hall–Kier alpha value is -2.34. The van der Waals surface area contributed by atoms with Crippen molar-refractivity contribution in [3.05, 3.63) is 59.2 Å². The third-order valence-electron chi connectivity index (χ3n) is 9.04. The van der Waals surface area contributed by atoms with Gasteiger partial charge in [-0.3, -0.25) is 4.79 Å². The summed E-state index contributed by atoms with van der Waals surface area (Å²) < 4.78 is 0. The van der Waals surface area contributed by atoms with Crippen molar-refractivity contribution in [2.75, 3.05) is 0 Å². The number of nitrogens with zero attached hydrogens (tertiary/aromatic N) is 2. The van der Waals surface area contributed by atoms with Gasteiger partial charge in [-0.05, 0) is 85.8 Å².